The minimum absolute atomic E-state index is 0.279. The van der Waals surface area contributed by atoms with Gasteiger partial charge in [0.1, 0.15) is 11.5 Å². The van der Waals surface area contributed by atoms with Crippen LogP contribution in [0.4, 0.5) is 10.1 Å². The molecule has 1 aromatic carbocycles. The van der Waals surface area contributed by atoms with Crippen LogP contribution in [0.2, 0.25) is 0 Å². The Bertz CT molecular complexity index is 965. The molecule has 25 heavy (non-hydrogen) atoms. The standard InChI is InChI=1S/C19H19FN4O/c1-3-9-21-17-16-15(14-8-5-10-22-18(14)25-16)23-19(2,24-17)12-6-4-7-13(20)11-12/h4-8,10-11,23H,3,9H2,1-2H3,(H,21,24). The predicted molar refractivity (Wildman–Crippen MR) is 96.2 cm³/mol. The number of nitrogens with one attached hydrogen (secondary N) is 2. The van der Waals surface area contributed by atoms with E-state index in [9.17, 15) is 4.39 Å². The molecule has 0 bridgehead atoms. The van der Waals surface area contributed by atoms with E-state index in [2.05, 4.69) is 27.5 Å². The minimum atomic E-state index is -0.714. The van der Waals surface area contributed by atoms with E-state index in [0.717, 1.165) is 23.1 Å². The highest BCUT2D eigenvalue weighted by Gasteiger charge is 2.37. The summed E-state index contributed by atoms with van der Waals surface area (Å²) in [6.07, 6.45) is 2.61. The zero-order valence-corrected chi connectivity index (χ0v) is 14.1. The molecule has 0 fully saturated rings. The Morgan fingerprint density at radius 2 is 2.12 bits per heavy atom. The first-order valence-electron chi connectivity index (χ1n) is 8.35. The second kappa shape index (κ2) is 5.88. The first-order chi connectivity index (χ1) is 12.1. The summed E-state index contributed by atoms with van der Waals surface area (Å²) >= 11 is 0. The van der Waals surface area contributed by atoms with Gasteiger partial charge in [-0.2, -0.15) is 0 Å². The van der Waals surface area contributed by atoms with E-state index < -0.39 is 5.66 Å². The van der Waals surface area contributed by atoms with Gasteiger partial charge >= 0.3 is 0 Å². The van der Waals surface area contributed by atoms with Crippen LogP contribution in [-0.4, -0.2) is 17.4 Å². The summed E-state index contributed by atoms with van der Waals surface area (Å²) in [6, 6.07) is 10.3. The summed E-state index contributed by atoms with van der Waals surface area (Å²) in [7, 11) is 0. The van der Waals surface area contributed by atoms with Crippen LogP contribution in [0, 0.1) is 5.82 Å². The first kappa shape index (κ1) is 15.6. The van der Waals surface area contributed by atoms with Crippen molar-refractivity contribution < 1.29 is 8.81 Å². The maximum absolute atomic E-state index is 13.8. The third kappa shape index (κ3) is 2.63. The van der Waals surface area contributed by atoms with Crippen molar-refractivity contribution in [2.75, 3.05) is 11.9 Å². The molecule has 2 N–H and O–H groups in total. The van der Waals surface area contributed by atoms with Crippen LogP contribution >= 0.6 is 0 Å². The van der Waals surface area contributed by atoms with Crippen LogP contribution in [0.25, 0.3) is 11.1 Å². The molecule has 0 spiro atoms. The fourth-order valence-electron chi connectivity index (χ4n) is 3.08. The highest BCUT2D eigenvalue weighted by molar-refractivity contribution is 6.10. The number of aliphatic imine (C=N–C) groups is 1. The van der Waals surface area contributed by atoms with Gasteiger partial charge in [-0.05, 0) is 37.6 Å². The molecular formula is C19H19FN4O. The Morgan fingerprint density at radius 3 is 2.92 bits per heavy atom. The molecule has 0 amide bonds. The second-order valence-electron chi connectivity index (χ2n) is 6.28. The third-order valence-electron chi connectivity index (χ3n) is 4.32. The number of furan rings is 1. The van der Waals surface area contributed by atoms with E-state index in [-0.39, 0.29) is 5.82 Å². The molecule has 0 saturated carbocycles. The SMILES string of the molecule is CCCN=C1NC(C)(c2cccc(F)c2)Nc2c1oc1ncccc21. The van der Waals surface area contributed by atoms with Crippen LogP contribution in [0.3, 0.4) is 0 Å². The lowest BCUT2D eigenvalue weighted by Gasteiger charge is -2.38. The molecule has 2 aromatic heterocycles. The number of nitrogens with zero attached hydrogens (tertiary/aromatic N) is 2. The van der Waals surface area contributed by atoms with Crippen molar-refractivity contribution in [1.82, 2.24) is 10.3 Å². The lowest BCUT2D eigenvalue weighted by atomic mass is 9.97. The van der Waals surface area contributed by atoms with E-state index in [0.29, 0.717) is 23.9 Å². The smallest absolute Gasteiger partial charge is 0.229 e. The Kier molecular flexibility index (Phi) is 3.67. The zero-order chi connectivity index (χ0) is 17.4. The topological polar surface area (TPSA) is 62.5 Å². The fraction of sp³-hybridized carbons (Fsp3) is 0.263. The van der Waals surface area contributed by atoms with Gasteiger partial charge in [-0.1, -0.05) is 19.1 Å². The van der Waals surface area contributed by atoms with Gasteiger partial charge in [0.05, 0.1) is 11.1 Å². The molecule has 1 unspecified atom stereocenters. The molecule has 0 radical (unpaired) electrons. The van der Waals surface area contributed by atoms with Crippen molar-refractivity contribution in [3.8, 4) is 0 Å². The van der Waals surface area contributed by atoms with Gasteiger partial charge in [-0.3, -0.25) is 4.99 Å². The third-order valence-corrected chi connectivity index (χ3v) is 4.32. The minimum Gasteiger partial charge on any atom is -0.432 e. The molecule has 1 aliphatic rings. The average Bonchev–Trinajstić information content (AvgIpc) is 2.98. The lowest BCUT2D eigenvalue weighted by molar-refractivity contribution is 0.473. The average molecular weight is 338 g/mol. The van der Waals surface area contributed by atoms with Gasteiger partial charge in [0.25, 0.3) is 0 Å². The molecule has 0 saturated heterocycles. The molecule has 128 valence electrons. The molecule has 1 aliphatic heterocycles. The Morgan fingerprint density at radius 1 is 1.24 bits per heavy atom. The van der Waals surface area contributed by atoms with E-state index in [1.807, 2.05) is 25.1 Å². The van der Waals surface area contributed by atoms with E-state index in [1.54, 1.807) is 12.3 Å². The van der Waals surface area contributed by atoms with Crippen LogP contribution in [-0.2, 0) is 5.66 Å². The fourth-order valence-corrected chi connectivity index (χ4v) is 3.08. The highest BCUT2D eigenvalue weighted by atomic mass is 19.1. The van der Waals surface area contributed by atoms with Crippen molar-refractivity contribution in [2.45, 2.75) is 25.9 Å². The maximum atomic E-state index is 13.8. The van der Waals surface area contributed by atoms with E-state index in [4.69, 9.17) is 4.42 Å². The van der Waals surface area contributed by atoms with E-state index >= 15 is 0 Å². The number of hydrogen-bond acceptors (Lipinski definition) is 4. The van der Waals surface area contributed by atoms with Gasteiger partial charge in [0.2, 0.25) is 5.71 Å². The van der Waals surface area contributed by atoms with Crippen molar-refractivity contribution in [1.29, 1.82) is 0 Å². The summed E-state index contributed by atoms with van der Waals surface area (Å²) < 4.78 is 19.7. The van der Waals surface area contributed by atoms with Gasteiger partial charge in [0, 0.05) is 18.3 Å². The van der Waals surface area contributed by atoms with Crippen molar-refractivity contribution >= 4 is 22.6 Å². The first-order valence-corrected chi connectivity index (χ1v) is 8.35. The van der Waals surface area contributed by atoms with E-state index in [1.165, 1.54) is 12.1 Å². The van der Waals surface area contributed by atoms with Crippen molar-refractivity contribution in [2.24, 2.45) is 4.99 Å². The number of halogens is 1. The number of aromatic nitrogens is 1. The van der Waals surface area contributed by atoms with Crippen LogP contribution in [0.1, 0.15) is 31.6 Å². The number of hydrogen-bond donors (Lipinski definition) is 2. The van der Waals surface area contributed by atoms with Crippen LogP contribution in [0.15, 0.2) is 52.0 Å². The van der Waals surface area contributed by atoms with Crippen molar-refractivity contribution in [3.63, 3.8) is 0 Å². The molecule has 3 aromatic rings. The molecule has 6 heteroatoms. The number of fused-ring (bicyclic) bond motifs is 3. The molecule has 5 nitrogen and oxygen atoms in total. The van der Waals surface area contributed by atoms with Gasteiger partial charge < -0.3 is 15.1 Å². The number of rotatable bonds is 3. The quantitative estimate of drug-likeness (QED) is 0.757. The summed E-state index contributed by atoms with van der Waals surface area (Å²) in [6.45, 7) is 4.70. The molecule has 1 atom stereocenters. The highest BCUT2D eigenvalue weighted by Crippen LogP contribution is 2.37. The number of pyridine rings is 1. The summed E-state index contributed by atoms with van der Waals surface area (Å²) in [5, 5.41) is 7.71. The summed E-state index contributed by atoms with van der Waals surface area (Å²) in [4.78, 5) is 8.92. The number of anilines is 1. The Labute approximate surface area is 145 Å². The largest absolute Gasteiger partial charge is 0.432 e. The summed E-state index contributed by atoms with van der Waals surface area (Å²) in [5.41, 5.74) is 1.44. The summed E-state index contributed by atoms with van der Waals surface area (Å²) in [5.74, 6) is 1.01. The number of benzene rings is 1. The predicted octanol–water partition coefficient (Wildman–Crippen LogP) is 4.01. The molecule has 4 rings (SSSR count). The van der Waals surface area contributed by atoms with Gasteiger partial charge in [-0.15, -0.1) is 0 Å². The Balaban J connectivity index is 1.89. The van der Waals surface area contributed by atoms with Gasteiger partial charge in [0.15, 0.2) is 11.6 Å². The monoisotopic (exact) mass is 338 g/mol. The normalized spacial score (nSPS) is 21.0. The van der Waals surface area contributed by atoms with Crippen LogP contribution < -0.4 is 10.6 Å². The van der Waals surface area contributed by atoms with Crippen LogP contribution in [0.5, 0.6) is 0 Å². The Hall–Kier alpha value is -2.89. The molecular weight excluding hydrogens is 319 g/mol. The molecule has 3 heterocycles. The number of amidine groups is 1. The van der Waals surface area contributed by atoms with Crippen molar-refractivity contribution in [3.05, 3.63) is 59.7 Å². The molecule has 0 aliphatic carbocycles. The lowest BCUT2D eigenvalue weighted by Crippen LogP contribution is -2.53. The van der Waals surface area contributed by atoms with Gasteiger partial charge in [-0.25, -0.2) is 9.37 Å². The maximum Gasteiger partial charge on any atom is 0.229 e. The zero-order valence-electron chi connectivity index (χ0n) is 14.1. The second-order valence-corrected chi connectivity index (χ2v) is 6.28.